The molecule has 0 aliphatic carbocycles. The van der Waals surface area contributed by atoms with E-state index in [-0.39, 0.29) is 17.3 Å². The van der Waals surface area contributed by atoms with Crippen LogP contribution in [-0.4, -0.2) is 16.1 Å². The van der Waals surface area contributed by atoms with Gasteiger partial charge in [0.15, 0.2) is 0 Å². The van der Waals surface area contributed by atoms with Crippen molar-refractivity contribution in [2.45, 2.75) is 26.3 Å². The van der Waals surface area contributed by atoms with Crippen LogP contribution in [-0.2, 0) is 6.42 Å². The quantitative estimate of drug-likeness (QED) is 0.736. The van der Waals surface area contributed by atoms with Gasteiger partial charge in [0.1, 0.15) is 5.01 Å². The van der Waals surface area contributed by atoms with Crippen molar-refractivity contribution >= 4 is 28.7 Å². The second-order valence-corrected chi connectivity index (χ2v) is 5.64. The molecule has 0 radical (unpaired) electrons. The summed E-state index contributed by atoms with van der Waals surface area (Å²) in [5.74, 6) is -1.03. The van der Waals surface area contributed by atoms with Crippen LogP contribution in [0.15, 0.2) is 24.4 Å². The molecule has 20 heavy (non-hydrogen) atoms. The minimum Gasteiger partial charge on any atom is -0.478 e. The molecule has 0 saturated carbocycles. The molecule has 2 aromatic rings. The molecule has 1 unspecified atom stereocenters. The maximum atomic E-state index is 11.1. The van der Waals surface area contributed by atoms with E-state index in [4.69, 9.17) is 10.8 Å². The van der Waals surface area contributed by atoms with Crippen LogP contribution in [0.1, 0.15) is 40.1 Å². The molecule has 0 amide bonds. The highest BCUT2D eigenvalue weighted by Gasteiger charge is 2.13. The molecule has 0 spiro atoms. The zero-order chi connectivity index (χ0) is 14.7. The summed E-state index contributed by atoms with van der Waals surface area (Å²) in [6.45, 7) is 4.09. The van der Waals surface area contributed by atoms with Crippen molar-refractivity contribution < 1.29 is 9.90 Å². The number of anilines is 2. The number of benzene rings is 1. The van der Waals surface area contributed by atoms with Crippen molar-refractivity contribution in [2.24, 2.45) is 0 Å². The Kier molecular flexibility index (Phi) is 4.24. The number of aromatic nitrogens is 1. The molecule has 5 nitrogen and oxygen atoms in total. The first-order valence-corrected chi connectivity index (χ1v) is 7.17. The standard InChI is InChI=1S/C14H17N3O2S/c1-3-10-7-16-13(20-10)8(2)17-9-4-5-12(15)11(6-9)14(18)19/h4-8,17H,3,15H2,1-2H3,(H,18,19). The summed E-state index contributed by atoms with van der Waals surface area (Å²) in [6.07, 6.45) is 2.85. The van der Waals surface area contributed by atoms with Gasteiger partial charge in [-0.05, 0) is 31.5 Å². The van der Waals surface area contributed by atoms with Gasteiger partial charge in [0.05, 0.1) is 11.6 Å². The molecule has 1 heterocycles. The van der Waals surface area contributed by atoms with Crippen molar-refractivity contribution in [3.63, 3.8) is 0 Å². The van der Waals surface area contributed by atoms with Crippen molar-refractivity contribution in [3.05, 3.63) is 39.8 Å². The molecule has 4 N–H and O–H groups in total. The molecule has 2 rings (SSSR count). The summed E-state index contributed by atoms with van der Waals surface area (Å²) in [4.78, 5) is 16.7. The normalized spacial score (nSPS) is 12.1. The Hall–Kier alpha value is -2.08. The molecule has 1 aromatic carbocycles. The Morgan fingerprint density at radius 3 is 2.90 bits per heavy atom. The Morgan fingerprint density at radius 1 is 1.55 bits per heavy atom. The Labute approximate surface area is 121 Å². The number of carbonyl (C=O) groups is 1. The molecule has 6 heteroatoms. The van der Waals surface area contributed by atoms with E-state index in [1.807, 2.05) is 13.1 Å². The summed E-state index contributed by atoms with van der Waals surface area (Å²) in [5.41, 5.74) is 6.72. The molecule has 0 aliphatic heterocycles. The van der Waals surface area contributed by atoms with Gasteiger partial charge in [-0.25, -0.2) is 9.78 Å². The number of nitrogens with one attached hydrogen (secondary N) is 1. The van der Waals surface area contributed by atoms with Crippen molar-refractivity contribution in [1.29, 1.82) is 0 Å². The largest absolute Gasteiger partial charge is 0.478 e. The summed E-state index contributed by atoms with van der Waals surface area (Å²) < 4.78 is 0. The van der Waals surface area contributed by atoms with Gasteiger partial charge in [0.2, 0.25) is 0 Å². The molecule has 1 aromatic heterocycles. The van der Waals surface area contributed by atoms with Gasteiger partial charge >= 0.3 is 5.97 Å². The number of hydrogen-bond donors (Lipinski definition) is 3. The number of rotatable bonds is 5. The lowest BCUT2D eigenvalue weighted by atomic mass is 10.1. The van der Waals surface area contributed by atoms with Crippen LogP contribution in [0.25, 0.3) is 0 Å². The SMILES string of the molecule is CCc1cnc(C(C)Nc2ccc(N)c(C(=O)O)c2)s1. The fourth-order valence-electron chi connectivity index (χ4n) is 1.83. The number of aromatic carboxylic acids is 1. The topological polar surface area (TPSA) is 88.2 Å². The molecule has 0 saturated heterocycles. The number of hydrogen-bond acceptors (Lipinski definition) is 5. The lowest BCUT2D eigenvalue weighted by Gasteiger charge is -2.13. The number of carboxylic acid groups (broad SMARTS) is 1. The molecular formula is C14H17N3O2S. The van der Waals surface area contributed by atoms with Gasteiger partial charge < -0.3 is 16.2 Å². The van der Waals surface area contributed by atoms with E-state index in [1.54, 1.807) is 29.5 Å². The molecule has 0 aliphatic rings. The number of nitrogens with zero attached hydrogens (tertiary/aromatic N) is 1. The first-order chi connectivity index (χ1) is 9.51. The Balaban J connectivity index is 2.17. The third-order valence-electron chi connectivity index (χ3n) is 2.96. The smallest absolute Gasteiger partial charge is 0.337 e. The average Bonchev–Trinajstić information content (AvgIpc) is 2.89. The van der Waals surface area contributed by atoms with Crippen LogP contribution in [0.5, 0.6) is 0 Å². The summed E-state index contributed by atoms with van der Waals surface area (Å²) in [7, 11) is 0. The van der Waals surface area contributed by atoms with E-state index >= 15 is 0 Å². The van der Waals surface area contributed by atoms with Gasteiger partial charge in [0.25, 0.3) is 0 Å². The predicted octanol–water partition coefficient (Wildman–Crippen LogP) is 3.16. The van der Waals surface area contributed by atoms with Crippen molar-refractivity contribution in [1.82, 2.24) is 4.98 Å². The highest BCUT2D eigenvalue weighted by Crippen LogP contribution is 2.25. The molecular weight excluding hydrogens is 274 g/mol. The monoisotopic (exact) mass is 291 g/mol. The number of aryl methyl sites for hydroxylation is 1. The Morgan fingerprint density at radius 2 is 2.30 bits per heavy atom. The highest BCUT2D eigenvalue weighted by atomic mass is 32.1. The minimum atomic E-state index is -1.03. The first-order valence-electron chi connectivity index (χ1n) is 6.35. The number of carboxylic acids is 1. The fourth-order valence-corrected chi connectivity index (χ4v) is 2.69. The third kappa shape index (κ3) is 3.08. The first kappa shape index (κ1) is 14.3. The average molecular weight is 291 g/mol. The maximum Gasteiger partial charge on any atom is 0.337 e. The van der Waals surface area contributed by atoms with E-state index in [0.29, 0.717) is 0 Å². The Bertz CT molecular complexity index is 625. The number of nitrogen functional groups attached to an aromatic ring is 1. The molecule has 1 atom stereocenters. The lowest BCUT2D eigenvalue weighted by molar-refractivity contribution is 0.0698. The van der Waals surface area contributed by atoms with Crippen LogP contribution >= 0.6 is 11.3 Å². The van der Waals surface area contributed by atoms with Crippen molar-refractivity contribution in [2.75, 3.05) is 11.1 Å². The van der Waals surface area contributed by atoms with E-state index in [9.17, 15) is 4.79 Å². The van der Waals surface area contributed by atoms with E-state index < -0.39 is 5.97 Å². The fraction of sp³-hybridized carbons (Fsp3) is 0.286. The van der Waals surface area contributed by atoms with Crippen LogP contribution in [0.4, 0.5) is 11.4 Å². The van der Waals surface area contributed by atoms with E-state index in [2.05, 4.69) is 17.2 Å². The van der Waals surface area contributed by atoms with Gasteiger partial charge in [-0.3, -0.25) is 0 Å². The van der Waals surface area contributed by atoms with Gasteiger partial charge in [-0.1, -0.05) is 6.92 Å². The van der Waals surface area contributed by atoms with Gasteiger partial charge in [-0.2, -0.15) is 0 Å². The number of nitrogens with two attached hydrogens (primary N) is 1. The molecule has 106 valence electrons. The number of thiazole rings is 1. The lowest BCUT2D eigenvalue weighted by Crippen LogP contribution is -2.08. The highest BCUT2D eigenvalue weighted by molar-refractivity contribution is 7.11. The van der Waals surface area contributed by atoms with Gasteiger partial charge in [0, 0.05) is 22.4 Å². The third-order valence-corrected chi connectivity index (χ3v) is 4.28. The molecule has 0 bridgehead atoms. The summed E-state index contributed by atoms with van der Waals surface area (Å²) in [6, 6.07) is 4.93. The molecule has 0 fully saturated rings. The maximum absolute atomic E-state index is 11.1. The zero-order valence-electron chi connectivity index (χ0n) is 11.4. The van der Waals surface area contributed by atoms with E-state index in [0.717, 1.165) is 17.1 Å². The van der Waals surface area contributed by atoms with E-state index in [1.165, 1.54) is 4.88 Å². The van der Waals surface area contributed by atoms with Crippen LogP contribution in [0, 0.1) is 0 Å². The summed E-state index contributed by atoms with van der Waals surface area (Å²) >= 11 is 1.66. The second-order valence-electron chi connectivity index (χ2n) is 4.49. The minimum absolute atomic E-state index is 0.0190. The summed E-state index contributed by atoms with van der Waals surface area (Å²) in [5, 5.41) is 13.3. The van der Waals surface area contributed by atoms with Crippen LogP contribution in [0.3, 0.4) is 0 Å². The second kappa shape index (κ2) is 5.92. The predicted molar refractivity (Wildman–Crippen MR) is 81.3 cm³/mol. The van der Waals surface area contributed by atoms with Crippen molar-refractivity contribution in [3.8, 4) is 0 Å². The van der Waals surface area contributed by atoms with Crippen LogP contribution < -0.4 is 11.1 Å². The zero-order valence-corrected chi connectivity index (χ0v) is 12.2. The van der Waals surface area contributed by atoms with Gasteiger partial charge in [-0.15, -0.1) is 11.3 Å². The van der Waals surface area contributed by atoms with Crippen LogP contribution in [0.2, 0.25) is 0 Å².